The lowest BCUT2D eigenvalue weighted by molar-refractivity contribution is -0.122. The minimum Gasteiger partial charge on any atom is -0.382 e. The smallest absolute Gasteiger partial charge is 0.222 e. The molecule has 0 aliphatic heterocycles. The van der Waals surface area contributed by atoms with E-state index >= 15 is 0 Å². The maximum Gasteiger partial charge on any atom is 0.222 e. The number of para-hydroxylation sites is 1. The van der Waals surface area contributed by atoms with Crippen molar-refractivity contribution in [2.24, 2.45) is 0 Å². The van der Waals surface area contributed by atoms with Gasteiger partial charge in [0.15, 0.2) is 5.82 Å². The molecule has 3 rings (SSSR count). The lowest BCUT2D eigenvalue weighted by atomic mass is 10.1. The molecule has 1 unspecified atom stereocenters. The molecule has 256 valence electrons. The third kappa shape index (κ3) is 12.2. The predicted octanol–water partition coefficient (Wildman–Crippen LogP) is 4.50. The summed E-state index contributed by atoms with van der Waals surface area (Å²) in [5, 5.41) is 7.04. The number of carbonyl (C=O) groups is 2. The normalized spacial score (nSPS) is 12.4. The number of unbranched alkanes of at least 4 members (excludes halogenated alkanes) is 3. The predicted molar refractivity (Wildman–Crippen MR) is 186 cm³/mol. The van der Waals surface area contributed by atoms with Crippen LogP contribution in [0.2, 0.25) is 0 Å². The number of Topliss-reactive ketones (excluding diaryl/α,β-unsaturated/α-hetero) is 1. The number of imidazole rings is 1. The van der Waals surface area contributed by atoms with Gasteiger partial charge in [-0.25, -0.2) is 9.97 Å². The molecule has 0 spiro atoms. The molecule has 0 aliphatic rings. The van der Waals surface area contributed by atoms with Crippen LogP contribution >= 0.6 is 0 Å². The first-order chi connectivity index (χ1) is 22.3. The first-order valence-electron chi connectivity index (χ1n) is 17.2. The number of ketones is 1. The lowest BCUT2D eigenvalue weighted by Crippen LogP contribution is -2.32. The number of aryl methyl sites for hydroxylation is 2. The second-order valence-electron chi connectivity index (χ2n) is 12.1. The highest BCUT2D eigenvalue weighted by Crippen LogP contribution is 2.29. The molecule has 2 heterocycles. The first kappa shape index (κ1) is 37.3. The molecule has 0 saturated heterocycles. The second kappa shape index (κ2) is 20.9. The van der Waals surface area contributed by atoms with Gasteiger partial charge in [0.1, 0.15) is 17.1 Å². The lowest BCUT2D eigenvalue weighted by Gasteiger charge is -2.17. The summed E-state index contributed by atoms with van der Waals surface area (Å²) in [6.45, 7) is 9.45. The zero-order valence-electron chi connectivity index (χ0n) is 28.6. The van der Waals surface area contributed by atoms with Crippen LogP contribution in [0.15, 0.2) is 24.3 Å². The quantitative estimate of drug-likeness (QED) is 0.115. The molecule has 2 aromatic heterocycles. The third-order valence-corrected chi connectivity index (χ3v) is 8.37. The monoisotopic (exact) mass is 639 g/mol. The Balaban J connectivity index is 1.24. The highest BCUT2D eigenvalue weighted by Gasteiger charge is 2.17. The Hall–Kier alpha value is -3.12. The number of hydrogen-bond donors (Lipinski definition) is 3. The summed E-state index contributed by atoms with van der Waals surface area (Å²) in [5.41, 5.74) is 9.20. The Bertz CT molecular complexity index is 1350. The fourth-order valence-electron chi connectivity index (χ4n) is 5.70. The van der Waals surface area contributed by atoms with Crippen molar-refractivity contribution in [3.63, 3.8) is 0 Å². The van der Waals surface area contributed by atoms with Crippen LogP contribution < -0.4 is 16.4 Å². The van der Waals surface area contributed by atoms with Crippen LogP contribution in [0.25, 0.3) is 21.9 Å². The van der Waals surface area contributed by atoms with E-state index < -0.39 is 0 Å². The number of hydrogen-bond acceptors (Lipinski definition) is 9. The van der Waals surface area contributed by atoms with Gasteiger partial charge in [0.05, 0.1) is 36.9 Å². The Morgan fingerprint density at radius 1 is 0.978 bits per heavy atom. The summed E-state index contributed by atoms with van der Waals surface area (Å²) in [7, 11) is 3.96. The standard InChI is InChI=1S/C35H57N7O4/c1-5-6-17-31-40-33-34(28-14-7-8-16-30(28)39-35(33)36)42(31)22-12-11-20-41(4)21-13-23-45-25-26-46-24-18-32(44)38-19-10-9-15-29(37-3)27(2)43/h7-8,14,16,29,37H,5-6,9-13,15,17-26H2,1-4H3,(H2,36,39)(H,38,44). The Kier molecular flexibility index (Phi) is 17.0. The van der Waals surface area contributed by atoms with E-state index in [1.165, 1.54) is 0 Å². The van der Waals surface area contributed by atoms with Gasteiger partial charge in [-0.15, -0.1) is 0 Å². The van der Waals surface area contributed by atoms with E-state index in [2.05, 4.69) is 51.2 Å². The van der Waals surface area contributed by atoms with Crippen molar-refractivity contribution in [1.82, 2.24) is 30.1 Å². The number of fused-ring (bicyclic) bond motifs is 3. The van der Waals surface area contributed by atoms with Gasteiger partial charge in [-0.05, 0) is 78.6 Å². The first-order valence-corrected chi connectivity index (χ1v) is 17.2. The van der Waals surface area contributed by atoms with E-state index in [-0.39, 0.29) is 17.7 Å². The van der Waals surface area contributed by atoms with Gasteiger partial charge in [0, 0.05) is 44.5 Å². The number of nitrogens with one attached hydrogen (secondary N) is 2. The van der Waals surface area contributed by atoms with Crippen molar-refractivity contribution < 1.29 is 19.1 Å². The summed E-state index contributed by atoms with van der Waals surface area (Å²) >= 11 is 0. The highest BCUT2D eigenvalue weighted by atomic mass is 16.5. The number of rotatable bonds is 25. The maximum atomic E-state index is 12.0. The highest BCUT2D eigenvalue weighted by molar-refractivity contribution is 6.06. The number of amides is 1. The molecule has 46 heavy (non-hydrogen) atoms. The van der Waals surface area contributed by atoms with Gasteiger partial charge >= 0.3 is 0 Å². The number of nitrogen functional groups attached to an aromatic ring is 1. The van der Waals surface area contributed by atoms with Crippen LogP contribution in [-0.4, -0.2) is 97.3 Å². The molecule has 0 saturated carbocycles. The molecule has 0 radical (unpaired) electrons. The largest absolute Gasteiger partial charge is 0.382 e. The van der Waals surface area contributed by atoms with Gasteiger partial charge in [-0.3, -0.25) is 9.59 Å². The number of nitrogens with zero attached hydrogens (tertiary/aromatic N) is 4. The van der Waals surface area contributed by atoms with Gasteiger partial charge in [0.2, 0.25) is 5.91 Å². The van der Waals surface area contributed by atoms with E-state index in [0.29, 0.717) is 45.2 Å². The van der Waals surface area contributed by atoms with Crippen LogP contribution in [0.1, 0.15) is 77.5 Å². The number of anilines is 1. The van der Waals surface area contributed by atoms with Crippen molar-refractivity contribution in [2.45, 2.75) is 90.6 Å². The van der Waals surface area contributed by atoms with Crippen LogP contribution in [0.4, 0.5) is 5.82 Å². The van der Waals surface area contributed by atoms with E-state index in [9.17, 15) is 9.59 Å². The zero-order chi connectivity index (χ0) is 33.1. The number of pyridine rings is 1. The summed E-state index contributed by atoms with van der Waals surface area (Å²) in [4.78, 5) is 35.3. The van der Waals surface area contributed by atoms with E-state index in [1.807, 2.05) is 12.1 Å². The number of ether oxygens (including phenoxy) is 2. The van der Waals surface area contributed by atoms with Crippen LogP contribution in [0.3, 0.4) is 0 Å². The molecule has 4 N–H and O–H groups in total. The fraction of sp³-hybridized carbons (Fsp3) is 0.657. The molecule has 0 fully saturated rings. The Labute approximate surface area is 275 Å². The van der Waals surface area contributed by atoms with Crippen molar-refractivity contribution in [3.05, 3.63) is 30.1 Å². The minimum absolute atomic E-state index is 0.00788. The van der Waals surface area contributed by atoms with Crippen molar-refractivity contribution in [2.75, 3.05) is 65.9 Å². The third-order valence-electron chi connectivity index (χ3n) is 8.37. The average molecular weight is 640 g/mol. The molecular weight excluding hydrogens is 582 g/mol. The number of likely N-dealkylation sites (N-methyl/N-ethyl adjacent to an activating group) is 1. The number of nitrogens with two attached hydrogens (primary N) is 1. The number of carbonyl (C=O) groups excluding carboxylic acids is 2. The average Bonchev–Trinajstić information content (AvgIpc) is 3.41. The molecule has 0 aliphatic carbocycles. The molecule has 1 atom stereocenters. The molecule has 11 nitrogen and oxygen atoms in total. The maximum absolute atomic E-state index is 12.0. The van der Waals surface area contributed by atoms with E-state index in [1.54, 1.807) is 14.0 Å². The van der Waals surface area contributed by atoms with Gasteiger partial charge < -0.3 is 35.3 Å². The van der Waals surface area contributed by atoms with E-state index in [4.69, 9.17) is 20.2 Å². The summed E-state index contributed by atoms with van der Waals surface area (Å²) < 4.78 is 13.7. The van der Waals surface area contributed by atoms with E-state index in [0.717, 1.165) is 105 Å². The van der Waals surface area contributed by atoms with Gasteiger partial charge in [-0.2, -0.15) is 0 Å². The van der Waals surface area contributed by atoms with Crippen LogP contribution in [0, 0.1) is 0 Å². The molecular formula is C35H57N7O4. The van der Waals surface area contributed by atoms with Crippen LogP contribution in [-0.2, 0) is 32.0 Å². The molecule has 0 bridgehead atoms. The molecule has 3 aromatic rings. The van der Waals surface area contributed by atoms with Crippen molar-refractivity contribution in [3.8, 4) is 0 Å². The van der Waals surface area contributed by atoms with Gasteiger partial charge in [-0.1, -0.05) is 31.5 Å². The summed E-state index contributed by atoms with van der Waals surface area (Å²) in [6, 6.07) is 8.10. The number of aromatic nitrogens is 3. The zero-order valence-corrected chi connectivity index (χ0v) is 28.6. The number of benzene rings is 1. The fourth-order valence-corrected chi connectivity index (χ4v) is 5.70. The van der Waals surface area contributed by atoms with Crippen molar-refractivity contribution in [1.29, 1.82) is 0 Å². The minimum atomic E-state index is -0.0944. The Morgan fingerprint density at radius 3 is 2.50 bits per heavy atom. The molecule has 1 aromatic carbocycles. The van der Waals surface area contributed by atoms with Crippen LogP contribution in [0.5, 0.6) is 0 Å². The SMILES string of the molecule is CCCCc1nc2c(N)nc3ccccc3c2n1CCCCN(C)CCCOCCOCCC(=O)NCCCCC(NC)C(C)=O. The molecule has 11 heteroatoms. The second-order valence-corrected chi connectivity index (χ2v) is 12.1. The summed E-state index contributed by atoms with van der Waals surface area (Å²) in [5.74, 6) is 1.76. The Morgan fingerprint density at radius 2 is 1.74 bits per heavy atom. The van der Waals surface area contributed by atoms with Crippen molar-refractivity contribution >= 4 is 39.4 Å². The molecule has 1 amide bonds. The summed E-state index contributed by atoms with van der Waals surface area (Å²) in [6.07, 6.45) is 9.19. The van der Waals surface area contributed by atoms with Gasteiger partial charge in [0.25, 0.3) is 0 Å². The topological polar surface area (TPSA) is 137 Å².